The molecule has 10 heteroatoms. The van der Waals surface area contributed by atoms with E-state index in [1.165, 1.54) is 0 Å². The lowest BCUT2D eigenvalue weighted by molar-refractivity contribution is -0.239. The van der Waals surface area contributed by atoms with E-state index < -0.39 is 62.4 Å². The van der Waals surface area contributed by atoms with E-state index in [0.717, 1.165) is 0 Å². The Kier molecular flexibility index (Phi) is 8.07. The molecule has 132 valence electrons. The van der Waals surface area contributed by atoms with Crippen LogP contribution < -0.4 is 0 Å². The van der Waals surface area contributed by atoms with Gasteiger partial charge in [0.1, 0.15) is 24.4 Å². The second-order valence-electron chi connectivity index (χ2n) is 5.21. The molecule has 0 radical (unpaired) electrons. The zero-order valence-electron chi connectivity index (χ0n) is 11.8. The maximum atomic E-state index is 9.11. The Morgan fingerprint density at radius 3 is 1.23 bits per heavy atom. The summed E-state index contributed by atoms with van der Waals surface area (Å²) < 4.78 is 9.43. The van der Waals surface area contributed by atoms with Gasteiger partial charge in [-0.1, -0.05) is 0 Å². The summed E-state index contributed by atoms with van der Waals surface area (Å²) in [7, 11) is 0. The van der Waals surface area contributed by atoms with Crippen LogP contribution >= 0.6 is 0 Å². The van der Waals surface area contributed by atoms with Crippen molar-refractivity contribution in [1.82, 2.24) is 0 Å². The van der Waals surface area contributed by atoms with E-state index in [0.29, 0.717) is 0 Å². The maximum Gasteiger partial charge on any atom is 0.157 e. The molecule has 2 rings (SSSR count). The summed E-state index contributed by atoms with van der Waals surface area (Å²) in [5, 5.41) is 71.3. The molecule has 0 spiro atoms. The molecule has 2 aliphatic heterocycles. The van der Waals surface area contributed by atoms with Gasteiger partial charge in [-0.05, 0) is 0 Å². The Balaban J connectivity index is 0.000000220. The van der Waals surface area contributed by atoms with Crippen molar-refractivity contribution in [3.8, 4) is 0 Å². The molecule has 2 heterocycles. The standard InChI is InChI=1S/2C6H12O5/c2*7-2-4-6(10)3(8)1-5(9)11-4/h2*3-10H,1-2H2/t2*3-,4-,5+,6+/m11/s1. The Labute approximate surface area is 126 Å². The van der Waals surface area contributed by atoms with Crippen molar-refractivity contribution in [2.45, 2.75) is 62.0 Å². The topological polar surface area (TPSA) is 180 Å². The summed E-state index contributed by atoms with van der Waals surface area (Å²) in [5.74, 6) is 0. The molecular formula is C12H24O10. The SMILES string of the molecule is OC[C@H]1O[C@H](O)C[C@@H](O)[C@@H]1O.OC[C@H]1O[C@H](O)C[C@@H](O)[C@@H]1O. The smallest absolute Gasteiger partial charge is 0.157 e. The third-order valence-corrected chi connectivity index (χ3v) is 3.46. The Bertz CT molecular complexity index is 286. The van der Waals surface area contributed by atoms with Crippen LogP contribution in [0.1, 0.15) is 12.8 Å². The number of ether oxygens (including phenoxy) is 2. The van der Waals surface area contributed by atoms with E-state index in [-0.39, 0.29) is 12.8 Å². The van der Waals surface area contributed by atoms with Crippen LogP contribution in [0.3, 0.4) is 0 Å². The molecule has 8 N–H and O–H groups in total. The van der Waals surface area contributed by atoms with E-state index in [1.807, 2.05) is 0 Å². The van der Waals surface area contributed by atoms with Gasteiger partial charge < -0.3 is 50.3 Å². The van der Waals surface area contributed by atoms with Gasteiger partial charge >= 0.3 is 0 Å². The van der Waals surface area contributed by atoms with E-state index in [2.05, 4.69) is 0 Å². The Morgan fingerprint density at radius 2 is 0.955 bits per heavy atom. The summed E-state index contributed by atoms with van der Waals surface area (Å²) in [6.45, 7) is -0.815. The quantitative estimate of drug-likeness (QED) is 0.246. The Morgan fingerprint density at radius 1 is 0.636 bits per heavy atom. The predicted octanol–water partition coefficient (Wildman–Crippen LogP) is -4.38. The van der Waals surface area contributed by atoms with E-state index in [9.17, 15) is 0 Å². The third kappa shape index (κ3) is 5.35. The normalized spacial score (nSPS) is 45.8. The summed E-state index contributed by atoms with van der Waals surface area (Å²) >= 11 is 0. The average Bonchev–Trinajstić information content (AvgIpc) is 2.47. The lowest BCUT2D eigenvalue weighted by atomic mass is 10.0. The van der Waals surface area contributed by atoms with E-state index in [4.69, 9.17) is 50.3 Å². The lowest BCUT2D eigenvalue weighted by Gasteiger charge is -2.33. The van der Waals surface area contributed by atoms with Crippen LogP contribution in [-0.4, -0.2) is 103 Å². The van der Waals surface area contributed by atoms with Gasteiger partial charge in [0.25, 0.3) is 0 Å². The van der Waals surface area contributed by atoms with Crippen LogP contribution in [0.2, 0.25) is 0 Å². The predicted molar refractivity (Wildman–Crippen MR) is 69.2 cm³/mol. The molecule has 2 fully saturated rings. The van der Waals surface area contributed by atoms with Crippen molar-refractivity contribution >= 4 is 0 Å². The summed E-state index contributed by atoms with van der Waals surface area (Å²) in [6.07, 6.45) is -8.23. The molecule has 0 aromatic heterocycles. The van der Waals surface area contributed by atoms with Gasteiger partial charge in [-0.3, -0.25) is 0 Å². The third-order valence-electron chi connectivity index (χ3n) is 3.46. The van der Waals surface area contributed by atoms with Crippen molar-refractivity contribution < 1.29 is 50.3 Å². The molecule has 10 nitrogen and oxygen atoms in total. The lowest BCUT2D eigenvalue weighted by Crippen LogP contribution is -2.49. The zero-order chi connectivity index (χ0) is 16.9. The largest absolute Gasteiger partial charge is 0.394 e. The molecule has 0 amide bonds. The first-order valence-electron chi connectivity index (χ1n) is 6.91. The maximum absolute atomic E-state index is 9.11. The van der Waals surface area contributed by atoms with Gasteiger partial charge in [0.2, 0.25) is 0 Å². The van der Waals surface area contributed by atoms with Gasteiger partial charge in [0.15, 0.2) is 12.6 Å². The highest BCUT2D eigenvalue weighted by Gasteiger charge is 2.36. The van der Waals surface area contributed by atoms with Crippen LogP contribution in [0.4, 0.5) is 0 Å². The van der Waals surface area contributed by atoms with Crippen molar-refractivity contribution in [2.24, 2.45) is 0 Å². The van der Waals surface area contributed by atoms with Crippen LogP contribution in [0, 0.1) is 0 Å². The van der Waals surface area contributed by atoms with Crippen molar-refractivity contribution in [3.63, 3.8) is 0 Å². The van der Waals surface area contributed by atoms with Crippen LogP contribution in [0.15, 0.2) is 0 Å². The minimum absolute atomic E-state index is 0.0162. The highest BCUT2D eigenvalue weighted by molar-refractivity contribution is 4.82. The number of aliphatic hydroxyl groups excluding tert-OH is 8. The second-order valence-corrected chi connectivity index (χ2v) is 5.21. The fraction of sp³-hybridized carbons (Fsp3) is 1.00. The first-order valence-corrected chi connectivity index (χ1v) is 6.91. The molecule has 0 aliphatic carbocycles. The number of hydrogen-bond acceptors (Lipinski definition) is 10. The second kappa shape index (κ2) is 9.03. The summed E-state index contributed by atoms with van der Waals surface area (Å²) in [4.78, 5) is 0. The molecule has 0 aromatic rings. The fourth-order valence-corrected chi connectivity index (χ4v) is 2.17. The van der Waals surface area contributed by atoms with Gasteiger partial charge in [-0.15, -0.1) is 0 Å². The highest BCUT2D eigenvalue weighted by Crippen LogP contribution is 2.18. The van der Waals surface area contributed by atoms with Crippen molar-refractivity contribution in [2.75, 3.05) is 13.2 Å². The van der Waals surface area contributed by atoms with Gasteiger partial charge in [0, 0.05) is 12.8 Å². The van der Waals surface area contributed by atoms with Crippen LogP contribution in [0.25, 0.3) is 0 Å². The molecular weight excluding hydrogens is 304 g/mol. The van der Waals surface area contributed by atoms with Crippen molar-refractivity contribution in [1.29, 1.82) is 0 Å². The number of aliphatic hydroxyl groups is 8. The first-order chi connectivity index (χ1) is 10.3. The van der Waals surface area contributed by atoms with Gasteiger partial charge in [-0.25, -0.2) is 0 Å². The molecule has 0 aromatic carbocycles. The minimum Gasteiger partial charge on any atom is -0.394 e. The van der Waals surface area contributed by atoms with Crippen molar-refractivity contribution in [3.05, 3.63) is 0 Å². The van der Waals surface area contributed by atoms with E-state index >= 15 is 0 Å². The Hall–Kier alpha value is -0.400. The summed E-state index contributed by atoms with van der Waals surface area (Å²) in [5.41, 5.74) is 0. The average molecular weight is 328 g/mol. The summed E-state index contributed by atoms with van der Waals surface area (Å²) in [6, 6.07) is 0. The van der Waals surface area contributed by atoms with E-state index in [1.54, 1.807) is 0 Å². The monoisotopic (exact) mass is 328 g/mol. The molecule has 8 atom stereocenters. The molecule has 0 bridgehead atoms. The fourth-order valence-electron chi connectivity index (χ4n) is 2.17. The number of rotatable bonds is 2. The molecule has 2 saturated heterocycles. The molecule has 0 saturated carbocycles. The van der Waals surface area contributed by atoms with Gasteiger partial charge in [-0.2, -0.15) is 0 Å². The van der Waals surface area contributed by atoms with Crippen LogP contribution in [0.5, 0.6) is 0 Å². The molecule has 22 heavy (non-hydrogen) atoms. The first kappa shape index (κ1) is 19.6. The number of hydrogen-bond donors (Lipinski definition) is 8. The zero-order valence-corrected chi connectivity index (χ0v) is 11.8. The molecule has 0 unspecified atom stereocenters. The highest BCUT2D eigenvalue weighted by atomic mass is 16.6. The van der Waals surface area contributed by atoms with Gasteiger partial charge in [0.05, 0.1) is 25.4 Å². The van der Waals surface area contributed by atoms with Crippen LogP contribution in [-0.2, 0) is 9.47 Å². The molecule has 2 aliphatic rings. The minimum atomic E-state index is -1.11.